The van der Waals surface area contributed by atoms with Crippen molar-refractivity contribution in [1.82, 2.24) is 4.57 Å². The molecule has 4 heteroatoms. The molecule has 3 rings (SSSR count). The summed E-state index contributed by atoms with van der Waals surface area (Å²) < 4.78 is 29.1. The lowest BCUT2D eigenvalue weighted by atomic mass is 10.2. The number of halogens is 2. The van der Waals surface area contributed by atoms with Gasteiger partial charge in [0.05, 0.1) is 12.1 Å². The SMILES string of the molecule is Nc1ccc2ccn(Cc3c(F)cccc3F)c2c1. The molecule has 0 aliphatic heterocycles. The monoisotopic (exact) mass is 258 g/mol. The van der Waals surface area contributed by atoms with Crippen molar-refractivity contribution in [2.45, 2.75) is 6.54 Å². The molecule has 2 N–H and O–H groups in total. The maximum Gasteiger partial charge on any atom is 0.131 e. The maximum absolute atomic E-state index is 13.6. The minimum Gasteiger partial charge on any atom is -0.399 e. The molecule has 1 aromatic heterocycles. The number of hydrogen-bond donors (Lipinski definition) is 1. The van der Waals surface area contributed by atoms with E-state index in [-0.39, 0.29) is 12.1 Å². The number of hydrogen-bond acceptors (Lipinski definition) is 1. The van der Waals surface area contributed by atoms with Crippen molar-refractivity contribution in [3.63, 3.8) is 0 Å². The Labute approximate surface area is 109 Å². The molecule has 0 aliphatic rings. The van der Waals surface area contributed by atoms with Crippen LogP contribution in [0, 0.1) is 11.6 Å². The lowest BCUT2D eigenvalue weighted by Gasteiger charge is -2.08. The largest absolute Gasteiger partial charge is 0.399 e. The van der Waals surface area contributed by atoms with Gasteiger partial charge in [-0.3, -0.25) is 0 Å². The van der Waals surface area contributed by atoms with Crippen molar-refractivity contribution in [2.75, 3.05) is 5.73 Å². The molecule has 3 aromatic rings. The van der Waals surface area contributed by atoms with Crippen LogP contribution in [0.2, 0.25) is 0 Å². The molecule has 0 aliphatic carbocycles. The molecule has 0 atom stereocenters. The van der Waals surface area contributed by atoms with Gasteiger partial charge in [-0.05, 0) is 35.7 Å². The number of aromatic nitrogens is 1. The number of fused-ring (bicyclic) bond motifs is 1. The van der Waals surface area contributed by atoms with Crippen molar-refractivity contribution in [1.29, 1.82) is 0 Å². The summed E-state index contributed by atoms with van der Waals surface area (Å²) >= 11 is 0. The summed E-state index contributed by atoms with van der Waals surface area (Å²) in [6.45, 7) is 0.144. The van der Waals surface area contributed by atoms with Crippen molar-refractivity contribution in [3.05, 3.63) is 65.9 Å². The molecule has 2 nitrogen and oxygen atoms in total. The zero-order valence-electron chi connectivity index (χ0n) is 10.1. The minimum absolute atomic E-state index is 0.0578. The molecule has 0 fully saturated rings. The highest BCUT2D eigenvalue weighted by Gasteiger charge is 2.10. The Morgan fingerprint density at radius 3 is 2.47 bits per heavy atom. The van der Waals surface area contributed by atoms with Crippen LogP contribution in [0.15, 0.2) is 48.7 Å². The van der Waals surface area contributed by atoms with Gasteiger partial charge in [-0.1, -0.05) is 12.1 Å². The molecule has 2 aromatic carbocycles. The van der Waals surface area contributed by atoms with Crippen LogP contribution in [-0.2, 0) is 6.54 Å². The zero-order chi connectivity index (χ0) is 13.4. The lowest BCUT2D eigenvalue weighted by molar-refractivity contribution is 0.547. The molecule has 0 radical (unpaired) electrons. The van der Waals surface area contributed by atoms with Crippen LogP contribution in [0.5, 0.6) is 0 Å². The van der Waals surface area contributed by atoms with E-state index in [4.69, 9.17) is 5.73 Å². The minimum atomic E-state index is -0.536. The van der Waals surface area contributed by atoms with Crippen molar-refractivity contribution >= 4 is 16.6 Å². The van der Waals surface area contributed by atoms with E-state index in [2.05, 4.69) is 0 Å². The van der Waals surface area contributed by atoms with Crippen LogP contribution in [0.4, 0.5) is 14.5 Å². The van der Waals surface area contributed by atoms with Gasteiger partial charge in [-0.15, -0.1) is 0 Å². The first-order valence-electron chi connectivity index (χ1n) is 5.92. The summed E-state index contributed by atoms with van der Waals surface area (Å²) in [4.78, 5) is 0. The van der Waals surface area contributed by atoms with E-state index in [9.17, 15) is 8.78 Å². The number of anilines is 1. The van der Waals surface area contributed by atoms with E-state index >= 15 is 0 Å². The van der Waals surface area contributed by atoms with Crippen LogP contribution in [0.25, 0.3) is 10.9 Å². The lowest BCUT2D eigenvalue weighted by Crippen LogP contribution is -2.03. The number of nitrogens with zero attached hydrogens (tertiary/aromatic N) is 1. The summed E-state index contributed by atoms with van der Waals surface area (Å²) in [6, 6.07) is 11.3. The average Bonchev–Trinajstić information content (AvgIpc) is 2.76. The first-order valence-corrected chi connectivity index (χ1v) is 5.92. The molecule has 0 saturated carbocycles. The van der Waals surface area contributed by atoms with Crippen molar-refractivity contribution in [3.8, 4) is 0 Å². The summed E-state index contributed by atoms with van der Waals surface area (Å²) in [7, 11) is 0. The Balaban J connectivity index is 2.08. The first kappa shape index (κ1) is 11.7. The Kier molecular flexibility index (Phi) is 2.71. The Bertz CT molecular complexity index is 727. The standard InChI is InChI=1S/C15H12F2N2/c16-13-2-1-3-14(17)12(13)9-19-7-6-10-4-5-11(18)8-15(10)19/h1-8H,9,18H2. The Morgan fingerprint density at radius 1 is 1.00 bits per heavy atom. The fourth-order valence-corrected chi connectivity index (χ4v) is 2.19. The molecule has 0 spiro atoms. The molecular weight excluding hydrogens is 246 g/mol. The van der Waals surface area contributed by atoms with Crippen molar-refractivity contribution < 1.29 is 8.78 Å². The average molecular weight is 258 g/mol. The van der Waals surface area contributed by atoms with Crippen LogP contribution in [0.1, 0.15) is 5.56 Å². The first-order chi connectivity index (χ1) is 9.15. The van der Waals surface area contributed by atoms with E-state index < -0.39 is 11.6 Å². The number of nitrogens with two attached hydrogens (primary N) is 1. The van der Waals surface area contributed by atoms with E-state index in [1.54, 1.807) is 22.9 Å². The molecule has 0 bridgehead atoms. The fraction of sp³-hybridized carbons (Fsp3) is 0.0667. The van der Waals surface area contributed by atoms with Gasteiger partial charge in [-0.25, -0.2) is 8.78 Å². The Hall–Kier alpha value is -2.36. The zero-order valence-corrected chi connectivity index (χ0v) is 10.1. The van der Waals surface area contributed by atoms with Gasteiger partial charge in [-0.2, -0.15) is 0 Å². The number of benzene rings is 2. The van der Waals surface area contributed by atoms with Gasteiger partial charge in [0.15, 0.2) is 0 Å². The molecule has 96 valence electrons. The highest BCUT2D eigenvalue weighted by molar-refractivity contribution is 5.83. The second kappa shape index (κ2) is 4.39. The number of nitrogen functional groups attached to an aromatic ring is 1. The van der Waals surface area contributed by atoms with E-state index in [0.29, 0.717) is 5.69 Å². The van der Waals surface area contributed by atoms with Crippen molar-refractivity contribution in [2.24, 2.45) is 0 Å². The van der Waals surface area contributed by atoms with Crippen LogP contribution in [0.3, 0.4) is 0 Å². The van der Waals surface area contributed by atoms with E-state index in [0.717, 1.165) is 10.9 Å². The maximum atomic E-state index is 13.6. The van der Waals surface area contributed by atoms with Crippen LogP contribution >= 0.6 is 0 Å². The van der Waals surface area contributed by atoms with Crippen LogP contribution in [-0.4, -0.2) is 4.57 Å². The highest BCUT2D eigenvalue weighted by atomic mass is 19.1. The third-order valence-electron chi connectivity index (χ3n) is 3.19. The molecule has 0 saturated heterocycles. The summed E-state index contributed by atoms with van der Waals surface area (Å²) in [5.74, 6) is -1.07. The molecule has 19 heavy (non-hydrogen) atoms. The summed E-state index contributed by atoms with van der Waals surface area (Å²) in [6.07, 6.45) is 1.80. The van der Waals surface area contributed by atoms with Gasteiger partial charge in [0.2, 0.25) is 0 Å². The van der Waals surface area contributed by atoms with E-state index in [1.165, 1.54) is 18.2 Å². The molecule has 0 unspecified atom stereocenters. The predicted molar refractivity (Wildman–Crippen MR) is 71.8 cm³/mol. The third-order valence-corrected chi connectivity index (χ3v) is 3.19. The molecule has 1 heterocycles. The smallest absolute Gasteiger partial charge is 0.131 e. The third kappa shape index (κ3) is 2.05. The van der Waals surface area contributed by atoms with Gasteiger partial charge < -0.3 is 10.3 Å². The van der Waals surface area contributed by atoms with Crippen LogP contribution < -0.4 is 5.73 Å². The number of rotatable bonds is 2. The molecular formula is C15H12F2N2. The predicted octanol–water partition coefficient (Wildman–Crippen LogP) is 3.55. The Morgan fingerprint density at radius 2 is 1.74 bits per heavy atom. The second-order valence-corrected chi connectivity index (χ2v) is 4.46. The normalized spacial score (nSPS) is 11.1. The topological polar surface area (TPSA) is 30.9 Å². The fourth-order valence-electron chi connectivity index (χ4n) is 2.19. The van der Waals surface area contributed by atoms with Gasteiger partial charge in [0, 0.05) is 17.4 Å². The van der Waals surface area contributed by atoms with Gasteiger partial charge >= 0.3 is 0 Å². The molecule has 0 amide bonds. The quantitative estimate of drug-likeness (QED) is 0.700. The highest BCUT2D eigenvalue weighted by Crippen LogP contribution is 2.21. The summed E-state index contributed by atoms with van der Waals surface area (Å²) in [5, 5.41) is 0.992. The van der Waals surface area contributed by atoms with Gasteiger partial charge in [0.1, 0.15) is 11.6 Å². The van der Waals surface area contributed by atoms with E-state index in [1.807, 2.05) is 12.1 Å². The second-order valence-electron chi connectivity index (χ2n) is 4.46. The van der Waals surface area contributed by atoms with Gasteiger partial charge in [0.25, 0.3) is 0 Å². The summed E-state index contributed by atoms with van der Waals surface area (Å²) in [5.41, 5.74) is 7.29.